The van der Waals surface area contributed by atoms with E-state index in [1.54, 1.807) is 0 Å². The van der Waals surface area contributed by atoms with Gasteiger partial charge in [-0.1, -0.05) is 16.8 Å². The van der Waals surface area contributed by atoms with Crippen molar-refractivity contribution in [3.63, 3.8) is 0 Å². The quantitative estimate of drug-likeness (QED) is 0.490. The van der Waals surface area contributed by atoms with E-state index < -0.39 is 39.6 Å². The number of hydrogen-bond donors (Lipinski definition) is 1. The third kappa shape index (κ3) is 1.72. The third-order valence-corrected chi connectivity index (χ3v) is 2.32. The first-order valence-corrected chi connectivity index (χ1v) is 4.55. The second-order valence-electron chi connectivity index (χ2n) is 3.06. The van der Waals surface area contributed by atoms with Crippen molar-refractivity contribution in [2.75, 3.05) is 5.73 Å². The van der Waals surface area contributed by atoms with Crippen molar-refractivity contribution in [3.8, 4) is 11.3 Å². The number of anilines is 1. The Morgan fingerprint density at radius 2 is 1.59 bits per heavy atom. The SMILES string of the molecule is Nc1cc(-c2c(F)c(F)c(Cl)c(F)c2F)on1. The van der Waals surface area contributed by atoms with E-state index in [1.807, 2.05) is 0 Å². The van der Waals surface area contributed by atoms with Gasteiger partial charge in [-0.2, -0.15) is 0 Å². The molecule has 0 amide bonds. The highest BCUT2D eigenvalue weighted by molar-refractivity contribution is 6.31. The first kappa shape index (κ1) is 11.7. The van der Waals surface area contributed by atoms with Gasteiger partial charge in [0.25, 0.3) is 0 Å². The lowest BCUT2D eigenvalue weighted by atomic mass is 10.1. The first-order chi connectivity index (χ1) is 7.93. The molecule has 0 saturated carbocycles. The van der Waals surface area contributed by atoms with Crippen LogP contribution in [0.15, 0.2) is 10.6 Å². The fraction of sp³-hybridized carbons (Fsp3) is 0. The van der Waals surface area contributed by atoms with Crippen molar-refractivity contribution >= 4 is 17.4 Å². The summed E-state index contributed by atoms with van der Waals surface area (Å²) in [7, 11) is 0. The topological polar surface area (TPSA) is 52.0 Å². The zero-order chi connectivity index (χ0) is 12.7. The van der Waals surface area contributed by atoms with Crippen molar-refractivity contribution in [2.24, 2.45) is 0 Å². The largest absolute Gasteiger partial charge is 0.381 e. The minimum atomic E-state index is -1.71. The Bertz CT molecular complexity index is 570. The Hall–Kier alpha value is -1.76. The fourth-order valence-corrected chi connectivity index (χ4v) is 1.39. The lowest BCUT2D eigenvalue weighted by molar-refractivity contribution is 0.417. The van der Waals surface area contributed by atoms with Crippen LogP contribution in [-0.2, 0) is 0 Å². The monoisotopic (exact) mass is 266 g/mol. The number of hydrogen-bond acceptors (Lipinski definition) is 3. The van der Waals surface area contributed by atoms with E-state index in [1.165, 1.54) is 0 Å². The normalized spacial score (nSPS) is 10.9. The maximum absolute atomic E-state index is 13.4. The Kier molecular flexibility index (Phi) is 2.70. The Labute approximate surface area is 96.8 Å². The van der Waals surface area contributed by atoms with Gasteiger partial charge in [0.1, 0.15) is 5.02 Å². The number of nitrogen functional groups attached to an aromatic ring is 1. The predicted octanol–water partition coefficient (Wildman–Crippen LogP) is 3.13. The molecule has 90 valence electrons. The molecule has 0 fully saturated rings. The fourth-order valence-electron chi connectivity index (χ4n) is 1.23. The summed E-state index contributed by atoms with van der Waals surface area (Å²) in [4.78, 5) is 0. The summed E-state index contributed by atoms with van der Waals surface area (Å²) < 4.78 is 57.5. The lowest BCUT2D eigenvalue weighted by Crippen LogP contribution is -2.00. The van der Waals surface area contributed by atoms with Crippen LogP contribution < -0.4 is 5.73 Å². The molecule has 1 heterocycles. The number of halogens is 5. The van der Waals surface area contributed by atoms with Crippen molar-refractivity contribution in [3.05, 3.63) is 34.4 Å². The standard InChI is InChI=1S/C9H3ClF4N2O/c10-5-8(13)6(11)4(7(12)9(5)14)2-1-3(15)16-17-2/h1H,(H2,15,16). The third-order valence-electron chi connectivity index (χ3n) is 1.98. The molecule has 1 aromatic carbocycles. The predicted molar refractivity (Wildman–Crippen MR) is 51.2 cm³/mol. The molecule has 0 aliphatic carbocycles. The van der Waals surface area contributed by atoms with Gasteiger partial charge in [0, 0.05) is 6.07 Å². The van der Waals surface area contributed by atoms with Crippen LogP contribution in [0.3, 0.4) is 0 Å². The van der Waals surface area contributed by atoms with Gasteiger partial charge in [-0.25, -0.2) is 17.6 Å². The number of benzene rings is 1. The van der Waals surface area contributed by atoms with Crippen molar-refractivity contribution < 1.29 is 22.1 Å². The Morgan fingerprint density at radius 1 is 1.06 bits per heavy atom. The zero-order valence-corrected chi connectivity index (χ0v) is 8.66. The summed E-state index contributed by atoms with van der Waals surface area (Å²) >= 11 is 5.05. The number of nitrogens with two attached hydrogens (primary N) is 1. The van der Waals surface area contributed by atoms with Gasteiger partial charge in [-0.15, -0.1) is 0 Å². The number of nitrogens with zero attached hydrogens (tertiary/aromatic N) is 1. The van der Waals surface area contributed by atoms with Gasteiger partial charge in [0.05, 0.1) is 5.56 Å². The summed E-state index contributed by atoms with van der Waals surface area (Å²) in [5, 5.41) is 1.88. The number of rotatable bonds is 1. The van der Waals surface area contributed by atoms with Crippen LogP contribution in [-0.4, -0.2) is 5.16 Å². The molecule has 1 aromatic heterocycles. The molecule has 0 radical (unpaired) electrons. The molecule has 0 bridgehead atoms. The average molecular weight is 267 g/mol. The molecule has 2 N–H and O–H groups in total. The molecular weight excluding hydrogens is 264 g/mol. The molecule has 0 aliphatic rings. The Balaban J connectivity index is 2.78. The van der Waals surface area contributed by atoms with Crippen LogP contribution in [0.25, 0.3) is 11.3 Å². The van der Waals surface area contributed by atoms with E-state index in [4.69, 9.17) is 17.3 Å². The van der Waals surface area contributed by atoms with E-state index in [9.17, 15) is 17.6 Å². The van der Waals surface area contributed by atoms with Crippen LogP contribution in [0, 0.1) is 23.3 Å². The van der Waals surface area contributed by atoms with Crippen LogP contribution in [0.1, 0.15) is 0 Å². The van der Waals surface area contributed by atoms with Gasteiger partial charge in [-0.3, -0.25) is 0 Å². The molecule has 2 aromatic rings. The van der Waals surface area contributed by atoms with Crippen LogP contribution in [0.5, 0.6) is 0 Å². The molecule has 3 nitrogen and oxygen atoms in total. The van der Waals surface area contributed by atoms with E-state index in [-0.39, 0.29) is 5.82 Å². The summed E-state index contributed by atoms with van der Waals surface area (Å²) in [6.45, 7) is 0. The minimum absolute atomic E-state index is 0.186. The molecule has 2 rings (SSSR count). The highest BCUT2D eigenvalue weighted by Crippen LogP contribution is 2.34. The summed E-state index contributed by atoms with van der Waals surface area (Å²) in [6, 6.07) is 0.925. The maximum Gasteiger partial charge on any atom is 0.181 e. The van der Waals surface area contributed by atoms with Crippen LogP contribution >= 0.6 is 11.6 Å². The van der Waals surface area contributed by atoms with Gasteiger partial charge >= 0.3 is 0 Å². The van der Waals surface area contributed by atoms with Gasteiger partial charge in [-0.05, 0) is 0 Å². The van der Waals surface area contributed by atoms with Gasteiger partial charge in [0.15, 0.2) is 34.8 Å². The van der Waals surface area contributed by atoms with Crippen molar-refractivity contribution in [2.45, 2.75) is 0 Å². The highest BCUT2D eigenvalue weighted by Gasteiger charge is 2.27. The molecule has 0 aliphatic heterocycles. The zero-order valence-electron chi connectivity index (χ0n) is 7.90. The smallest absolute Gasteiger partial charge is 0.181 e. The van der Waals surface area contributed by atoms with Crippen LogP contribution in [0.4, 0.5) is 23.4 Å². The molecule has 0 unspecified atom stereocenters. The minimum Gasteiger partial charge on any atom is -0.381 e. The molecular formula is C9H3ClF4N2O. The molecule has 0 saturated heterocycles. The van der Waals surface area contributed by atoms with Crippen LogP contribution in [0.2, 0.25) is 5.02 Å². The van der Waals surface area contributed by atoms with Crippen molar-refractivity contribution in [1.82, 2.24) is 5.16 Å². The number of aromatic nitrogens is 1. The molecule has 17 heavy (non-hydrogen) atoms. The van der Waals surface area contributed by atoms with Gasteiger partial charge in [0.2, 0.25) is 0 Å². The van der Waals surface area contributed by atoms with E-state index >= 15 is 0 Å². The van der Waals surface area contributed by atoms with Gasteiger partial charge < -0.3 is 10.3 Å². The molecule has 0 atom stereocenters. The maximum atomic E-state index is 13.4. The second-order valence-corrected chi connectivity index (χ2v) is 3.44. The highest BCUT2D eigenvalue weighted by atomic mass is 35.5. The van der Waals surface area contributed by atoms with E-state index in [0.717, 1.165) is 6.07 Å². The summed E-state index contributed by atoms with van der Waals surface area (Å²) in [5.74, 6) is -7.50. The van der Waals surface area contributed by atoms with E-state index in [2.05, 4.69) is 9.68 Å². The average Bonchev–Trinajstić information content (AvgIpc) is 2.71. The second kappa shape index (κ2) is 3.92. The molecule has 0 spiro atoms. The van der Waals surface area contributed by atoms with E-state index in [0.29, 0.717) is 0 Å². The van der Waals surface area contributed by atoms with Crippen molar-refractivity contribution in [1.29, 1.82) is 0 Å². The lowest BCUT2D eigenvalue weighted by Gasteiger charge is -2.05. The first-order valence-electron chi connectivity index (χ1n) is 4.17. The summed E-state index contributed by atoms with van der Waals surface area (Å²) in [6.07, 6.45) is 0. The Morgan fingerprint density at radius 3 is 2.00 bits per heavy atom. The molecule has 8 heteroatoms. The summed E-state index contributed by atoms with van der Waals surface area (Å²) in [5.41, 5.74) is 4.11.